The Morgan fingerprint density at radius 2 is 1.29 bits per heavy atom. The van der Waals surface area contributed by atoms with Gasteiger partial charge in [0, 0.05) is 6.42 Å². The molecule has 1 rings (SSSR count). The van der Waals surface area contributed by atoms with Crippen molar-refractivity contribution in [2.75, 3.05) is 27.4 Å². The number of ether oxygens (including phenoxy) is 5. The van der Waals surface area contributed by atoms with Crippen LogP contribution < -0.4 is 15.4 Å². The molecule has 12 heteroatoms. The maximum Gasteiger partial charge on any atom is 0.414 e. The van der Waals surface area contributed by atoms with Crippen LogP contribution >= 0.6 is 0 Å². The molecule has 0 atom stereocenters. The zero-order chi connectivity index (χ0) is 31.4. The van der Waals surface area contributed by atoms with Crippen LogP contribution in [-0.2, 0) is 35.0 Å². The Morgan fingerprint density at radius 1 is 0.805 bits per heavy atom. The van der Waals surface area contributed by atoms with Crippen LogP contribution in [0.2, 0.25) is 0 Å². The fourth-order valence-corrected chi connectivity index (χ4v) is 3.36. The lowest BCUT2D eigenvalue weighted by molar-refractivity contribution is -0.139. The number of guanidine groups is 1. The second-order valence-corrected chi connectivity index (χ2v) is 11.2. The van der Waals surface area contributed by atoms with Gasteiger partial charge >= 0.3 is 24.1 Å². The van der Waals surface area contributed by atoms with Crippen molar-refractivity contribution in [1.29, 1.82) is 0 Å². The fourth-order valence-electron chi connectivity index (χ4n) is 3.36. The number of esters is 2. The first-order chi connectivity index (χ1) is 19.0. The summed E-state index contributed by atoms with van der Waals surface area (Å²) in [5, 5.41) is 4.81. The minimum Gasteiger partial charge on any atom is -0.492 e. The number of rotatable bonds is 9. The van der Waals surface area contributed by atoms with E-state index < -0.39 is 35.3 Å². The van der Waals surface area contributed by atoms with E-state index in [1.54, 1.807) is 79.7 Å². The summed E-state index contributed by atoms with van der Waals surface area (Å²) >= 11 is 0. The van der Waals surface area contributed by atoms with E-state index >= 15 is 0 Å². The standard InChI is InChI=1S/C29H43N3O9/c1-18(2)22(24(34)38-10)21(23(33)37-9)17-19-11-13-20(14-12-19)39-16-15-30-25(31-26(35)40-28(3,4)5)32-27(36)41-29(6,7)8/h11-14,18H,15-17H2,1-10H3,(H2,30,31,32,35,36)/b22-21-. The molecule has 0 aromatic heterocycles. The number of hydrogen-bond donors (Lipinski definition) is 2. The van der Waals surface area contributed by atoms with E-state index in [2.05, 4.69) is 15.6 Å². The third-order valence-electron chi connectivity index (χ3n) is 4.91. The predicted molar refractivity (Wildman–Crippen MR) is 153 cm³/mol. The Kier molecular flexibility index (Phi) is 13.3. The van der Waals surface area contributed by atoms with Gasteiger partial charge in [-0.15, -0.1) is 0 Å². The maximum atomic E-state index is 12.5. The topological polar surface area (TPSA) is 151 Å². The lowest BCUT2D eigenvalue weighted by Gasteiger charge is -2.22. The van der Waals surface area contributed by atoms with Crippen LogP contribution in [0.5, 0.6) is 5.75 Å². The Morgan fingerprint density at radius 3 is 1.71 bits per heavy atom. The number of hydrogen-bond acceptors (Lipinski definition) is 10. The van der Waals surface area contributed by atoms with Gasteiger partial charge in [0.15, 0.2) is 0 Å². The predicted octanol–water partition coefficient (Wildman–Crippen LogP) is 4.31. The largest absolute Gasteiger partial charge is 0.492 e. The normalized spacial score (nSPS) is 12.0. The summed E-state index contributed by atoms with van der Waals surface area (Å²) in [6.45, 7) is 14.0. The van der Waals surface area contributed by atoms with Crippen LogP contribution in [0, 0.1) is 5.92 Å². The highest BCUT2D eigenvalue weighted by Crippen LogP contribution is 2.23. The van der Waals surface area contributed by atoms with Gasteiger partial charge in [-0.05, 0) is 65.2 Å². The first kappa shape index (κ1) is 34.9. The van der Waals surface area contributed by atoms with Gasteiger partial charge in [-0.1, -0.05) is 26.0 Å². The minimum atomic E-state index is -0.794. The number of methoxy groups -OCH3 is 2. The first-order valence-corrected chi connectivity index (χ1v) is 13.1. The molecule has 2 N–H and O–H groups in total. The molecule has 0 aliphatic rings. The van der Waals surface area contributed by atoms with Crippen LogP contribution in [0.4, 0.5) is 9.59 Å². The van der Waals surface area contributed by atoms with Crippen molar-refractivity contribution < 1.29 is 42.9 Å². The molecule has 0 heterocycles. The van der Waals surface area contributed by atoms with Gasteiger partial charge in [0.1, 0.15) is 23.6 Å². The molecule has 1 aromatic carbocycles. The van der Waals surface area contributed by atoms with Gasteiger partial charge in [-0.3, -0.25) is 10.6 Å². The van der Waals surface area contributed by atoms with Crippen LogP contribution in [0.15, 0.2) is 40.4 Å². The number of amides is 2. The van der Waals surface area contributed by atoms with E-state index in [0.29, 0.717) is 5.75 Å². The lowest BCUT2D eigenvalue weighted by atomic mass is 9.93. The minimum absolute atomic E-state index is 0.0782. The highest BCUT2D eigenvalue weighted by molar-refractivity contribution is 6.01. The summed E-state index contributed by atoms with van der Waals surface area (Å²) in [4.78, 5) is 53.4. The molecule has 0 radical (unpaired) electrons. The summed E-state index contributed by atoms with van der Waals surface area (Å²) < 4.78 is 25.9. The molecule has 228 valence electrons. The number of carbonyl (C=O) groups excluding carboxylic acids is 4. The van der Waals surface area contributed by atoms with Gasteiger partial charge < -0.3 is 23.7 Å². The maximum absolute atomic E-state index is 12.5. The molecule has 12 nitrogen and oxygen atoms in total. The molecule has 1 aromatic rings. The van der Waals surface area contributed by atoms with Gasteiger partial charge in [-0.2, -0.15) is 0 Å². The zero-order valence-corrected chi connectivity index (χ0v) is 25.6. The first-order valence-electron chi connectivity index (χ1n) is 13.1. The highest BCUT2D eigenvalue weighted by Gasteiger charge is 2.25. The Balaban J connectivity index is 2.94. The third-order valence-corrected chi connectivity index (χ3v) is 4.91. The molecule has 2 amide bonds. The van der Waals surface area contributed by atoms with E-state index in [-0.39, 0.29) is 42.6 Å². The van der Waals surface area contributed by atoms with Crippen LogP contribution in [-0.4, -0.2) is 68.7 Å². The summed E-state index contributed by atoms with van der Waals surface area (Å²) in [7, 11) is 2.52. The van der Waals surface area contributed by atoms with Gasteiger partial charge in [0.25, 0.3) is 0 Å². The molecule has 0 saturated carbocycles. The number of carbonyl (C=O) groups is 4. The molecule has 0 saturated heterocycles. The Hall–Kier alpha value is -4.09. The van der Waals surface area contributed by atoms with Crippen molar-refractivity contribution in [1.82, 2.24) is 10.6 Å². The van der Waals surface area contributed by atoms with E-state index in [9.17, 15) is 19.2 Å². The van der Waals surface area contributed by atoms with Crippen molar-refractivity contribution in [3.63, 3.8) is 0 Å². The summed E-state index contributed by atoms with van der Waals surface area (Å²) in [6.07, 6.45) is -1.43. The number of nitrogens with one attached hydrogen (secondary N) is 2. The van der Waals surface area contributed by atoms with E-state index in [1.165, 1.54) is 14.2 Å². The van der Waals surface area contributed by atoms with Crippen LogP contribution in [0.1, 0.15) is 61.0 Å². The van der Waals surface area contributed by atoms with Crippen molar-refractivity contribution in [2.45, 2.75) is 73.0 Å². The zero-order valence-electron chi connectivity index (χ0n) is 25.6. The van der Waals surface area contributed by atoms with E-state index in [4.69, 9.17) is 23.7 Å². The molecule has 0 unspecified atom stereocenters. The number of benzene rings is 1. The quantitative estimate of drug-likeness (QED) is 0.109. The molecule has 0 aliphatic carbocycles. The Bertz CT molecular complexity index is 1090. The smallest absolute Gasteiger partial charge is 0.414 e. The Labute approximate surface area is 241 Å². The second kappa shape index (κ2) is 15.6. The molecule has 0 aliphatic heterocycles. The average Bonchev–Trinajstić information content (AvgIpc) is 2.83. The van der Waals surface area contributed by atoms with Gasteiger partial charge in [0.2, 0.25) is 5.96 Å². The van der Waals surface area contributed by atoms with Crippen LogP contribution in [0.3, 0.4) is 0 Å². The fraction of sp³-hybridized carbons (Fsp3) is 0.552. The van der Waals surface area contributed by atoms with Crippen molar-refractivity contribution in [2.24, 2.45) is 10.9 Å². The van der Waals surface area contributed by atoms with Crippen molar-refractivity contribution >= 4 is 30.1 Å². The third kappa shape index (κ3) is 13.7. The summed E-state index contributed by atoms with van der Waals surface area (Å²) in [5.41, 5.74) is -0.268. The molecule has 0 fully saturated rings. The molecular formula is C29H43N3O9. The van der Waals surface area contributed by atoms with E-state index in [0.717, 1.165) is 5.56 Å². The van der Waals surface area contributed by atoms with Crippen molar-refractivity contribution in [3.8, 4) is 5.75 Å². The molecule has 0 bridgehead atoms. The van der Waals surface area contributed by atoms with E-state index in [1.807, 2.05) is 0 Å². The van der Waals surface area contributed by atoms with Crippen LogP contribution in [0.25, 0.3) is 0 Å². The summed E-state index contributed by atoms with van der Waals surface area (Å²) in [5.74, 6) is -1.07. The van der Waals surface area contributed by atoms with Gasteiger partial charge in [0.05, 0.1) is 31.9 Å². The van der Waals surface area contributed by atoms with Gasteiger partial charge in [-0.25, -0.2) is 24.2 Å². The number of nitrogens with zero attached hydrogens (tertiary/aromatic N) is 1. The van der Waals surface area contributed by atoms with Crippen molar-refractivity contribution in [3.05, 3.63) is 41.0 Å². The monoisotopic (exact) mass is 577 g/mol. The molecule has 41 heavy (non-hydrogen) atoms. The lowest BCUT2D eigenvalue weighted by Crippen LogP contribution is -2.47. The molecular weight excluding hydrogens is 534 g/mol. The average molecular weight is 578 g/mol. The summed E-state index contributed by atoms with van der Waals surface area (Å²) in [6, 6.07) is 6.94. The SMILES string of the molecule is COC(=O)/C(Cc1ccc(OCCN=C(NC(=O)OC(C)(C)C)NC(=O)OC(C)(C)C)cc1)=C(\C(=O)OC)C(C)C. The molecule has 0 spiro atoms. The highest BCUT2D eigenvalue weighted by atomic mass is 16.6. The second-order valence-electron chi connectivity index (χ2n) is 11.2. The number of aliphatic imine (C=N–C) groups is 1. The number of alkyl carbamates (subject to hydrolysis) is 2.